The Labute approximate surface area is 415 Å². The number of phosphoric acid groups is 1. The van der Waals surface area contributed by atoms with E-state index in [2.05, 4.69) is 38.2 Å². The van der Waals surface area contributed by atoms with Gasteiger partial charge in [0.25, 0.3) is 7.82 Å². The molecule has 0 heterocycles. The van der Waals surface area contributed by atoms with Crippen molar-refractivity contribution in [2.75, 3.05) is 47.5 Å². The summed E-state index contributed by atoms with van der Waals surface area (Å²) in [6.45, 7) is 4.23. The largest absolute Gasteiger partial charge is 0.756 e. The maximum absolute atomic E-state index is 12.7. The maximum Gasteiger partial charge on any atom is 0.306 e. The lowest BCUT2D eigenvalue weighted by atomic mass is 10.0. The van der Waals surface area contributed by atoms with Gasteiger partial charge in [-0.2, -0.15) is 0 Å². The lowest BCUT2D eigenvalue weighted by Crippen LogP contribution is -2.37. The van der Waals surface area contributed by atoms with E-state index >= 15 is 0 Å². The van der Waals surface area contributed by atoms with Crippen molar-refractivity contribution < 1.29 is 42.1 Å². The number of hydrogen-bond donors (Lipinski definition) is 0. The fourth-order valence-electron chi connectivity index (χ4n) is 8.28. The average Bonchev–Trinajstić information content (AvgIpc) is 3.29. The Morgan fingerprint density at radius 3 is 1.21 bits per heavy atom. The molecule has 0 N–H and O–H groups in total. The Bertz CT molecular complexity index is 1190. The van der Waals surface area contributed by atoms with Gasteiger partial charge in [-0.1, -0.05) is 244 Å². The number of allylic oxidation sites excluding steroid dienone is 4. The van der Waals surface area contributed by atoms with Gasteiger partial charge in [0, 0.05) is 12.8 Å². The van der Waals surface area contributed by atoms with E-state index in [4.69, 9.17) is 18.5 Å². The average molecular weight is 968 g/mol. The van der Waals surface area contributed by atoms with E-state index in [1.807, 2.05) is 21.1 Å². The minimum Gasteiger partial charge on any atom is -0.756 e. The molecule has 2 atom stereocenters. The summed E-state index contributed by atoms with van der Waals surface area (Å²) in [4.78, 5) is 37.8. The van der Waals surface area contributed by atoms with E-state index in [-0.39, 0.29) is 32.0 Å². The molecule has 0 fully saturated rings. The number of quaternary nitrogens is 1. The number of likely N-dealkylation sites (N-methyl/N-ethyl adjacent to an activating group) is 1. The first-order chi connectivity index (χ1) is 32.5. The number of unbranched alkanes of at least 4 members (excludes halogenated alkanes) is 35. The van der Waals surface area contributed by atoms with Gasteiger partial charge >= 0.3 is 11.9 Å². The minimum atomic E-state index is -4.63. The van der Waals surface area contributed by atoms with Gasteiger partial charge in [-0.15, -0.1) is 0 Å². The lowest BCUT2D eigenvalue weighted by Gasteiger charge is -2.28. The molecule has 0 aliphatic rings. The second-order valence-corrected chi connectivity index (χ2v) is 22.1. The molecule has 0 aromatic heterocycles. The van der Waals surface area contributed by atoms with Crippen LogP contribution in [-0.4, -0.2) is 70.0 Å². The molecular formula is C57H110NO8P. The fraction of sp³-hybridized carbons (Fsp3) is 0.895. The van der Waals surface area contributed by atoms with Crippen LogP contribution in [0.3, 0.4) is 0 Å². The minimum absolute atomic E-state index is 0.0315. The van der Waals surface area contributed by atoms with Gasteiger partial charge in [0.15, 0.2) is 6.10 Å². The van der Waals surface area contributed by atoms with Crippen LogP contribution in [0.2, 0.25) is 0 Å². The summed E-state index contributed by atoms with van der Waals surface area (Å²) < 4.78 is 34.1. The highest BCUT2D eigenvalue weighted by molar-refractivity contribution is 7.45. The van der Waals surface area contributed by atoms with Crippen molar-refractivity contribution in [2.24, 2.45) is 0 Å². The Balaban J connectivity index is 4.05. The van der Waals surface area contributed by atoms with E-state index in [0.717, 1.165) is 57.8 Å². The molecule has 9 nitrogen and oxygen atoms in total. The molecule has 67 heavy (non-hydrogen) atoms. The van der Waals surface area contributed by atoms with Gasteiger partial charge in [-0.05, 0) is 44.9 Å². The normalized spacial score (nSPS) is 13.5. The number of carbonyl (C=O) groups excluding carboxylic acids is 2. The molecule has 0 aliphatic heterocycles. The predicted octanol–water partition coefficient (Wildman–Crippen LogP) is 16.8. The summed E-state index contributed by atoms with van der Waals surface area (Å²) >= 11 is 0. The van der Waals surface area contributed by atoms with E-state index in [1.54, 1.807) is 0 Å². The van der Waals surface area contributed by atoms with Gasteiger partial charge in [0.05, 0.1) is 27.7 Å². The van der Waals surface area contributed by atoms with E-state index in [9.17, 15) is 19.0 Å². The molecule has 10 heteroatoms. The zero-order chi connectivity index (χ0) is 49.2. The highest BCUT2D eigenvalue weighted by atomic mass is 31.2. The van der Waals surface area contributed by atoms with Gasteiger partial charge in [0.2, 0.25) is 0 Å². The summed E-state index contributed by atoms with van der Waals surface area (Å²) in [7, 11) is 1.17. The second-order valence-electron chi connectivity index (χ2n) is 20.7. The summed E-state index contributed by atoms with van der Waals surface area (Å²) in [5.74, 6) is -0.836. The molecule has 2 unspecified atom stereocenters. The molecule has 0 bridgehead atoms. The quantitative estimate of drug-likeness (QED) is 0.0195. The van der Waals surface area contributed by atoms with Crippen molar-refractivity contribution in [3.63, 3.8) is 0 Å². The molecule has 0 saturated heterocycles. The number of hydrogen-bond acceptors (Lipinski definition) is 8. The third-order valence-corrected chi connectivity index (χ3v) is 13.7. The standard InChI is InChI=1S/C57H110NO8P/c1-6-8-10-12-14-16-18-20-22-23-24-25-26-27-28-29-30-31-32-33-34-36-37-39-41-43-45-47-49-56(59)63-53-55(54-65-67(61,62)64-52-51-58(3,4)5)66-57(60)50-48-46-44-42-40-38-35-21-19-17-15-13-11-9-7-2/h15,17,21,35,55H,6-14,16,18-20,22-34,36-54H2,1-5H3/b17-15-,35-21-. The summed E-state index contributed by atoms with van der Waals surface area (Å²) in [5.41, 5.74) is 0. The molecule has 0 radical (unpaired) electrons. The number of phosphoric ester groups is 1. The molecule has 0 aromatic carbocycles. The first-order valence-corrected chi connectivity index (χ1v) is 30.0. The number of carbonyl (C=O) groups is 2. The van der Waals surface area contributed by atoms with Crippen LogP contribution in [0.25, 0.3) is 0 Å². The Hall–Kier alpha value is -1.51. The van der Waals surface area contributed by atoms with Crippen molar-refractivity contribution in [3.05, 3.63) is 24.3 Å². The van der Waals surface area contributed by atoms with E-state index in [1.165, 1.54) is 186 Å². The number of ether oxygens (including phenoxy) is 2. The molecule has 0 saturated carbocycles. The van der Waals surface area contributed by atoms with Crippen molar-refractivity contribution >= 4 is 19.8 Å². The molecule has 0 spiro atoms. The van der Waals surface area contributed by atoms with Gasteiger partial charge in [-0.3, -0.25) is 14.2 Å². The third-order valence-electron chi connectivity index (χ3n) is 12.7. The monoisotopic (exact) mass is 968 g/mol. The SMILES string of the molecule is CCCCC/C=C\C/C=C\CCCCCCCC(=O)OC(COC(=O)CCCCCCCCCCCCCCCCCCCCCCCCCCCCCC)COP(=O)([O-])OCC[N+](C)(C)C. The molecule has 396 valence electrons. The van der Waals surface area contributed by atoms with Gasteiger partial charge < -0.3 is 27.9 Å². The highest BCUT2D eigenvalue weighted by Crippen LogP contribution is 2.38. The maximum atomic E-state index is 12.7. The molecule has 0 aliphatic carbocycles. The Kier molecular flexibility index (Phi) is 48.4. The molecular weight excluding hydrogens is 858 g/mol. The molecule has 0 rings (SSSR count). The predicted molar refractivity (Wildman–Crippen MR) is 282 cm³/mol. The van der Waals surface area contributed by atoms with Crippen molar-refractivity contribution in [3.8, 4) is 0 Å². The van der Waals surface area contributed by atoms with Crippen LogP contribution in [0.1, 0.15) is 277 Å². The van der Waals surface area contributed by atoms with Crippen molar-refractivity contribution in [2.45, 2.75) is 283 Å². The summed E-state index contributed by atoms with van der Waals surface area (Å²) in [5, 5.41) is 0. The van der Waals surface area contributed by atoms with Gasteiger partial charge in [-0.25, -0.2) is 0 Å². The summed E-state index contributed by atoms with van der Waals surface area (Å²) in [6.07, 6.45) is 58.1. The van der Waals surface area contributed by atoms with Crippen LogP contribution in [0, 0.1) is 0 Å². The van der Waals surface area contributed by atoms with Crippen molar-refractivity contribution in [1.29, 1.82) is 0 Å². The van der Waals surface area contributed by atoms with Crippen LogP contribution >= 0.6 is 7.82 Å². The topological polar surface area (TPSA) is 111 Å². The highest BCUT2D eigenvalue weighted by Gasteiger charge is 2.22. The van der Waals surface area contributed by atoms with Crippen LogP contribution in [0.15, 0.2) is 24.3 Å². The fourth-order valence-corrected chi connectivity index (χ4v) is 9.01. The smallest absolute Gasteiger partial charge is 0.306 e. The van der Waals surface area contributed by atoms with E-state index < -0.39 is 26.5 Å². The van der Waals surface area contributed by atoms with Crippen LogP contribution in [-0.2, 0) is 32.7 Å². The van der Waals surface area contributed by atoms with Crippen LogP contribution in [0.5, 0.6) is 0 Å². The number of esters is 2. The lowest BCUT2D eigenvalue weighted by molar-refractivity contribution is -0.870. The molecule has 0 aromatic rings. The second kappa shape index (κ2) is 49.5. The number of nitrogens with zero attached hydrogens (tertiary/aromatic N) is 1. The zero-order valence-corrected chi connectivity index (χ0v) is 45.8. The van der Waals surface area contributed by atoms with E-state index in [0.29, 0.717) is 17.4 Å². The first-order valence-electron chi connectivity index (χ1n) is 28.5. The molecule has 0 amide bonds. The number of rotatable bonds is 53. The first kappa shape index (κ1) is 65.5. The summed E-state index contributed by atoms with van der Waals surface area (Å²) in [6, 6.07) is 0. The third kappa shape index (κ3) is 53.7. The van der Waals surface area contributed by atoms with Gasteiger partial charge in [0.1, 0.15) is 19.8 Å². The zero-order valence-electron chi connectivity index (χ0n) is 44.9. The van der Waals surface area contributed by atoms with Crippen molar-refractivity contribution in [1.82, 2.24) is 0 Å². The Morgan fingerprint density at radius 2 is 0.806 bits per heavy atom. The van der Waals surface area contributed by atoms with Crippen LogP contribution in [0.4, 0.5) is 0 Å². The Morgan fingerprint density at radius 1 is 0.463 bits per heavy atom. The van der Waals surface area contributed by atoms with Crippen LogP contribution < -0.4 is 4.89 Å².